The van der Waals surface area contributed by atoms with Gasteiger partial charge in [0.15, 0.2) is 0 Å². The van der Waals surface area contributed by atoms with Crippen molar-refractivity contribution in [1.29, 1.82) is 0 Å². The van der Waals surface area contributed by atoms with Gasteiger partial charge in [0, 0.05) is 25.2 Å². The van der Waals surface area contributed by atoms with E-state index >= 15 is 0 Å². The Hall–Kier alpha value is -0.0800. The molecule has 0 aromatic carbocycles. The molecular weight excluding hydrogens is 160 g/mol. The SMILES string of the molecule is CC[C@H]1[C@@H]2CCCC2NCCN1C. The van der Waals surface area contributed by atoms with E-state index in [2.05, 4.69) is 24.2 Å². The van der Waals surface area contributed by atoms with Crippen LogP contribution in [0.2, 0.25) is 0 Å². The van der Waals surface area contributed by atoms with Crippen LogP contribution in [-0.4, -0.2) is 37.1 Å². The summed E-state index contributed by atoms with van der Waals surface area (Å²) in [6.07, 6.45) is 5.61. The Labute approximate surface area is 81.7 Å². The minimum absolute atomic E-state index is 0.829. The van der Waals surface area contributed by atoms with Gasteiger partial charge >= 0.3 is 0 Å². The highest BCUT2D eigenvalue weighted by atomic mass is 15.2. The molecule has 0 amide bonds. The van der Waals surface area contributed by atoms with Crippen LogP contribution in [0.5, 0.6) is 0 Å². The first kappa shape index (κ1) is 9.47. The maximum atomic E-state index is 3.70. The second kappa shape index (κ2) is 3.97. The minimum atomic E-state index is 0.829. The highest BCUT2D eigenvalue weighted by Crippen LogP contribution is 2.33. The van der Waals surface area contributed by atoms with Crippen molar-refractivity contribution in [2.45, 2.75) is 44.7 Å². The van der Waals surface area contributed by atoms with E-state index in [9.17, 15) is 0 Å². The summed E-state index contributed by atoms with van der Waals surface area (Å²) >= 11 is 0. The first-order chi connectivity index (χ1) is 6.33. The van der Waals surface area contributed by atoms with Crippen molar-refractivity contribution in [3.05, 3.63) is 0 Å². The van der Waals surface area contributed by atoms with Gasteiger partial charge in [-0.3, -0.25) is 0 Å². The zero-order valence-electron chi connectivity index (χ0n) is 8.92. The first-order valence-electron chi connectivity index (χ1n) is 5.76. The van der Waals surface area contributed by atoms with E-state index in [0.29, 0.717) is 0 Å². The second-order valence-electron chi connectivity index (χ2n) is 4.61. The van der Waals surface area contributed by atoms with Gasteiger partial charge in [-0.1, -0.05) is 13.3 Å². The zero-order valence-corrected chi connectivity index (χ0v) is 8.92. The van der Waals surface area contributed by atoms with Crippen molar-refractivity contribution >= 4 is 0 Å². The van der Waals surface area contributed by atoms with Crippen molar-refractivity contribution < 1.29 is 0 Å². The topological polar surface area (TPSA) is 15.3 Å². The summed E-state index contributed by atoms with van der Waals surface area (Å²) < 4.78 is 0. The standard InChI is InChI=1S/C11H22N2/c1-3-11-9-5-4-6-10(9)12-7-8-13(11)2/h9-12H,3-8H2,1-2H3/t9-,10?,11+/m1/s1. The van der Waals surface area contributed by atoms with Gasteiger partial charge in [0.25, 0.3) is 0 Å². The van der Waals surface area contributed by atoms with Crippen molar-refractivity contribution in [1.82, 2.24) is 10.2 Å². The van der Waals surface area contributed by atoms with Crippen LogP contribution < -0.4 is 5.32 Å². The monoisotopic (exact) mass is 182 g/mol. The lowest BCUT2D eigenvalue weighted by Gasteiger charge is -2.31. The lowest BCUT2D eigenvalue weighted by Crippen LogP contribution is -2.39. The van der Waals surface area contributed by atoms with Crippen LogP contribution in [0, 0.1) is 5.92 Å². The van der Waals surface area contributed by atoms with Gasteiger partial charge in [0.1, 0.15) is 0 Å². The molecule has 13 heavy (non-hydrogen) atoms. The third-order valence-corrected chi connectivity index (χ3v) is 3.92. The van der Waals surface area contributed by atoms with E-state index in [1.54, 1.807) is 0 Å². The molecule has 1 unspecified atom stereocenters. The molecule has 0 aromatic heterocycles. The lowest BCUT2D eigenvalue weighted by molar-refractivity contribution is 0.185. The third kappa shape index (κ3) is 1.75. The smallest absolute Gasteiger partial charge is 0.0133 e. The van der Waals surface area contributed by atoms with Crippen molar-refractivity contribution in [2.75, 3.05) is 20.1 Å². The molecule has 76 valence electrons. The van der Waals surface area contributed by atoms with Gasteiger partial charge in [-0.15, -0.1) is 0 Å². The quantitative estimate of drug-likeness (QED) is 0.660. The Bertz CT molecular complexity index is 169. The third-order valence-electron chi connectivity index (χ3n) is 3.92. The van der Waals surface area contributed by atoms with Gasteiger partial charge < -0.3 is 10.2 Å². The average molecular weight is 182 g/mol. The molecule has 2 rings (SSSR count). The first-order valence-corrected chi connectivity index (χ1v) is 5.76. The fraction of sp³-hybridized carbons (Fsp3) is 1.00. The molecule has 3 atom stereocenters. The highest BCUT2D eigenvalue weighted by molar-refractivity contribution is 4.93. The van der Waals surface area contributed by atoms with Crippen LogP contribution in [-0.2, 0) is 0 Å². The Balaban J connectivity index is 2.09. The molecule has 2 heteroatoms. The fourth-order valence-corrected chi connectivity index (χ4v) is 3.24. The summed E-state index contributed by atoms with van der Waals surface area (Å²) in [5.41, 5.74) is 0. The van der Waals surface area contributed by atoms with Crippen molar-refractivity contribution in [3.63, 3.8) is 0 Å². The van der Waals surface area contributed by atoms with Crippen molar-refractivity contribution in [3.8, 4) is 0 Å². The van der Waals surface area contributed by atoms with Gasteiger partial charge in [0.2, 0.25) is 0 Å². The fourth-order valence-electron chi connectivity index (χ4n) is 3.24. The number of hydrogen-bond acceptors (Lipinski definition) is 2. The normalized spacial score (nSPS) is 41.5. The molecule has 1 saturated carbocycles. The molecule has 1 N–H and O–H groups in total. The van der Waals surface area contributed by atoms with Crippen LogP contribution in [0.1, 0.15) is 32.6 Å². The number of nitrogens with one attached hydrogen (secondary N) is 1. The van der Waals surface area contributed by atoms with Crippen molar-refractivity contribution in [2.24, 2.45) is 5.92 Å². The van der Waals surface area contributed by atoms with E-state index in [-0.39, 0.29) is 0 Å². The Morgan fingerprint density at radius 2 is 2.23 bits per heavy atom. The molecule has 1 aliphatic carbocycles. The van der Waals surface area contributed by atoms with E-state index < -0.39 is 0 Å². The van der Waals surface area contributed by atoms with Crippen LogP contribution in [0.3, 0.4) is 0 Å². The molecule has 2 fully saturated rings. The average Bonchev–Trinajstić information content (AvgIpc) is 2.50. The van der Waals surface area contributed by atoms with E-state index in [0.717, 1.165) is 18.0 Å². The highest BCUT2D eigenvalue weighted by Gasteiger charge is 2.36. The van der Waals surface area contributed by atoms with Crippen LogP contribution in [0.15, 0.2) is 0 Å². The van der Waals surface area contributed by atoms with Crippen LogP contribution >= 0.6 is 0 Å². The summed E-state index contributed by atoms with van der Waals surface area (Å²) in [7, 11) is 2.29. The number of rotatable bonds is 1. The summed E-state index contributed by atoms with van der Waals surface area (Å²) in [4.78, 5) is 2.56. The van der Waals surface area contributed by atoms with Crippen LogP contribution in [0.25, 0.3) is 0 Å². The Morgan fingerprint density at radius 1 is 1.38 bits per heavy atom. The molecule has 0 aromatic rings. The molecule has 0 radical (unpaired) electrons. The van der Waals surface area contributed by atoms with Gasteiger partial charge in [0.05, 0.1) is 0 Å². The molecule has 2 aliphatic rings. The number of likely N-dealkylation sites (N-methyl/N-ethyl adjacent to an activating group) is 1. The number of fused-ring (bicyclic) bond motifs is 1. The predicted molar refractivity (Wildman–Crippen MR) is 55.8 cm³/mol. The van der Waals surface area contributed by atoms with E-state index in [1.165, 1.54) is 38.8 Å². The summed E-state index contributed by atoms with van der Waals surface area (Å²) in [5, 5.41) is 3.70. The molecular formula is C11H22N2. The van der Waals surface area contributed by atoms with Gasteiger partial charge in [-0.05, 0) is 32.2 Å². The molecule has 1 saturated heterocycles. The maximum Gasteiger partial charge on any atom is 0.0133 e. The summed E-state index contributed by atoms with van der Waals surface area (Å²) in [5.74, 6) is 0.928. The van der Waals surface area contributed by atoms with Crippen LogP contribution in [0.4, 0.5) is 0 Å². The Morgan fingerprint density at radius 3 is 3.00 bits per heavy atom. The van der Waals surface area contributed by atoms with E-state index in [1.807, 2.05) is 0 Å². The van der Waals surface area contributed by atoms with E-state index in [4.69, 9.17) is 0 Å². The lowest BCUT2D eigenvalue weighted by atomic mass is 9.92. The maximum absolute atomic E-state index is 3.70. The summed E-state index contributed by atoms with van der Waals surface area (Å²) in [6, 6.07) is 1.66. The largest absolute Gasteiger partial charge is 0.312 e. The van der Waals surface area contributed by atoms with Gasteiger partial charge in [-0.2, -0.15) is 0 Å². The minimum Gasteiger partial charge on any atom is -0.312 e. The molecule has 2 nitrogen and oxygen atoms in total. The molecule has 1 aliphatic heterocycles. The Kier molecular flexibility index (Phi) is 2.89. The summed E-state index contributed by atoms with van der Waals surface area (Å²) in [6.45, 7) is 4.75. The molecule has 1 heterocycles. The second-order valence-corrected chi connectivity index (χ2v) is 4.61. The zero-order chi connectivity index (χ0) is 9.26. The molecule has 0 spiro atoms. The van der Waals surface area contributed by atoms with Gasteiger partial charge in [-0.25, -0.2) is 0 Å². The number of hydrogen-bond donors (Lipinski definition) is 1. The predicted octanol–water partition coefficient (Wildman–Crippen LogP) is 1.47. The number of nitrogens with zero attached hydrogens (tertiary/aromatic N) is 1. The molecule has 0 bridgehead atoms.